The summed E-state index contributed by atoms with van der Waals surface area (Å²) in [5, 5.41) is 0. The lowest BCUT2D eigenvalue weighted by Gasteiger charge is -2.08. The summed E-state index contributed by atoms with van der Waals surface area (Å²) in [4.78, 5) is 24.2. The van der Waals surface area contributed by atoms with Gasteiger partial charge in [0.2, 0.25) is 5.91 Å². The van der Waals surface area contributed by atoms with E-state index in [9.17, 15) is 14.0 Å². The van der Waals surface area contributed by atoms with Crippen LogP contribution in [-0.2, 0) is 4.79 Å². The third-order valence-electron chi connectivity index (χ3n) is 3.17. The van der Waals surface area contributed by atoms with Gasteiger partial charge in [0.1, 0.15) is 11.6 Å². The summed E-state index contributed by atoms with van der Waals surface area (Å²) in [5.74, 6) is 0.0114. The van der Waals surface area contributed by atoms with E-state index >= 15 is 0 Å². The molecule has 0 aromatic heterocycles. The summed E-state index contributed by atoms with van der Waals surface area (Å²) in [6, 6.07) is 13.0. The zero-order valence-corrected chi connectivity index (χ0v) is 14.6. The lowest BCUT2D eigenvalue weighted by molar-refractivity contribution is -0.121. The van der Waals surface area contributed by atoms with Crippen LogP contribution >= 0.6 is 11.8 Å². The molecule has 0 unspecified atom stereocenters. The Hall–Kier alpha value is -2.54. The molecular weight excluding hydrogens is 343 g/mol. The zero-order valence-electron chi connectivity index (χ0n) is 13.8. The van der Waals surface area contributed by atoms with Crippen molar-refractivity contribution in [3.05, 3.63) is 59.9 Å². The Balaban J connectivity index is 1.72. The Bertz CT molecular complexity index is 723. The van der Waals surface area contributed by atoms with Gasteiger partial charge in [-0.3, -0.25) is 20.4 Å². The molecule has 0 saturated carbocycles. The van der Waals surface area contributed by atoms with Crippen LogP contribution in [0.5, 0.6) is 5.75 Å². The summed E-state index contributed by atoms with van der Waals surface area (Å²) in [5.41, 5.74) is 5.10. The number of ether oxygens (including phenoxy) is 1. The minimum absolute atomic E-state index is 0.155. The smallest absolute Gasteiger partial charge is 0.269 e. The van der Waals surface area contributed by atoms with Crippen molar-refractivity contribution in [2.24, 2.45) is 0 Å². The van der Waals surface area contributed by atoms with E-state index in [1.165, 1.54) is 17.8 Å². The Labute approximate surface area is 149 Å². The average Bonchev–Trinajstić information content (AvgIpc) is 2.62. The summed E-state index contributed by atoms with van der Waals surface area (Å²) in [7, 11) is 0. The topological polar surface area (TPSA) is 67.4 Å². The predicted molar refractivity (Wildman–Crippen MR) is 95.0 cm³/mol. The van der Waals surface area contributed by atoms with Crippen LogP contribution in [0, 0.1) is 5.82 Å². The van der Waals surface area contributed by atoms with Crippen molar-refractivity contribution in [3.8, 4) is 5.75 Å². The Kier molecular flexibility index (Phi) is 7.28. The first-order valence-corrected chi connectivity index (χ1v) is 8.78. The summed E-state index contributed by atoms with van der Waals surface area (Å²) >= 11 is 1.25. The molecule has 7 heteroatoms. The first kappa shape index (κ1) is 18.8. The van der Waals surface area contributed by atoms with Crippen LogP contribution in [0.2, 0.25) is 0 Å². The van der Waals surface area contributed by atoms with E-state index in [4.69, 9.17) is 4.74 Å². The van der Waals surface area contributed by atoms with Crippen LogP contribution in [0.3, 0.4) is 0 Å². The lowest BCUT2D eigenvalue weighted by atomic mass is 10.2. The highest BCUT2D eigenvalue weighted by molar-refractivity contribution is 7.99. The molecule has 132 valence electrons. The van der Waals surface area contributed by atoms with Gasteiger partial charge in [0, 0.05) is 22.6 Å². The number of carbonyl (C=O) groups excluding carboxylic acids is 2. The molecular formula is C18H19FN2O3S. The molecule has 0 atom stereocenters. The highest BCUT2D eigenvalue weighted by Gasteiger charge is 2.08. The Morgan fingerprint density at radius 2 is 1.80 bits per heavy atom. The molecule has 0 saturated heterocycles. The van der Waals surface area contributed by atoms with Crippen molar-refractivity contribution in [3.63, 3.8) is 0 Å². The van der Waals surface area contributed by atoms with Crippen molar-refractivity contribution in [1.82, 2.24) is 10.9 Å². The maximum absolute atomic E-state index is 13.4. The van der Waals surface area contributed by atoms with Crippen LogP contribution < -0.4 is 15.6 Å². The van der Waals surface area contributed by atoms with Crippen LogP contribution in [0.4, 0.5) is 4.39 Å². The van der Waals surface area contributed by atoms with Gasteiger partial charge >= 0.3 is 0 Å². The van der Waals surface area contributed by atoms with E-state index in [-0.39, 0.29) is 18.1 Å². The molecule has 0 radical (unpaired) electrons. The van der Waals surface area contributed by atoms with Gasteiger partial charge in [0.05, 0.1) is 6.61 Å². The zero-order chi connectivity index (χ0) is 18.1. The molecule has 0 fully saturated rings. The standard InChI is InChI=1S/C18H19FN2O3S/c1-2-24-14-9-7-13(8-10-14)18(23)21-20-17(22)11-12-25-16-6-4-3-5-15(16)19/h3-10H,2,11-12H2,1H3,(H,20,22)(H,21,23). The van der Waals surface area contributed by atoms with E-state index in [0.717, 1.165) is 0 Å². The third kappa shape index (κ3) is 6.11. The monoisotopic (exact) mass is 362 g/mol. The fourth-order valence-electron chi connectivity index (χ4n) is 1.95. The average molecular weight is 362 g/mol. The van der Waals surface area contributed by atoms with Gasteiger partial charge in [-0.2, -0.15) is 0 Å². The maximum Gasteiger partial charge on any atom is 0.269 e. The van der Waals surface area contributed by atoms with E-state index in [2.05, 4.69) is 10.9 Å². The quantitative estimate of drug-likeness (QED) is 0.586. The van der Waals surface area contributed by atoms with Gasteiger partial charge in [-0.05, 0) is 43.3 Å². The highest BCUT2D eigenvalue weighted by Crippen LogP contribution is 2.21. The second-order valence-electron chi connectivity index (χ2n) is 4.99. The highest BCUT2D eigenvalue weighted by atomic mass is 32.2. The number of amides is 2. The third-order valence-corrected chi connectivity index (χ3v) is 4.22. The molecule has 2 N–H and O–H groups in total. The molecule has 2 rings (SSSR count). The Morgan fingerprint density at radius 1 is 1.08 bits per heavy atom. The van der Waals surface area contributed by atoms with Gasteiger partial charge in [-0.15, -0.1) is 11.8 Å². The minimum atomic E-state index is -0.418. The number of thioether (sulfide) groups is 1. The van der Waals surface area contributed by atoms with Crippen molar-refractivity contribution in [2.75, 3.05) is 12.4 Å². The van der Waals surface area contributed by atoms with Crippen molar-refractivity contribution in [2.45, 2.75) is 18.2 Å². The molecule has 0 aliphatic heterocycles. The normalized spacial score (nSPS) is 10.2. The molecule has 2 aromatic carbocycles. The van der Waals surface area contributed by atoms with Gasteiger partial charge in [-0.1, -0.05) is 12.1 Å². The predicted octanol–water partition coefficient (Wildman–Crippen LogP) is 3.17. The van der Waals surface area contributed by atoms with Crippen molar-refractivity contribution in [1.29, 1.82) is 0 Å². The van der Waals surface area contributed by atoms with E-state index < -0.39 is 5.91 Å². The number of carbonyl (C=O) groups is 2. The van der Waals surface area contributed by atoms with E-state index in [1.54, 1.807) is 42.5 Å². The van der Waals surface area contributed by atoms with Crippen LogP contribution in [0.15, 0.2) is 53.4 Å². The van der Waals surface area contributed by atoms with Gasteiger partial charge < -0.3 is 4.74 Å². The molecule has 0 spiro atoms. The number of hydrogen-bond donors (Lipinski definition) is 2. The molecule has 0 aliphatic carbocycles. The second kappa shape index (κ2) is 9.68. The first-order chi connectivity index (χ1) is 12.1. The van der Waals surface area contributed by atoms with E-state index in [1.807, 2.05) is 6.92 Å². The second-order valence-corrected chi connectivity index (χ2v) is 6.13. The van der Waals surface area contributed by atoms with Crippen LogP contribution in [-0.4, -0.2) is 24.2 Å². The Morgan fingerprint density at radius 3 is 2.48 bits per heavy atom. The fourth-order valence-corrected chi connectivity index (χ4v) is 2.83. The molecule has 0 bridgehead atoms. The number of benzene rings is 2. The molecule has 0 heterocycles. The summed E-state index contributed by atoms with van der Waals surface area (Å²) in [6.45, 7) is 2.42. The van der Waals surface area contributed by atoms with Crippen LogP contribution in [0.25, 0.3) is 0 Å². The van der Waals surface area contributed by atoms with Crippen LogP contribution in [0.1, 0.15) is 23.7 Å². The van der Waals surface area contributed by atoms with Gasteiger partial charge in [0.15, 0.2) is 0 Å². The number of halogens is 1. The van der Waals surface area contributed by atoms with Crippen molar-refractivity contribution < 1.29 is 18.7 Å². The number of nitrogens with one attached hydrogen (secondary N) is 2. The molecule has 2 aromatic rings. The minimum Gasteiger partial charge on any atom is -0.494 e. The van der Waals surface area contributed by atoms with Crippen molar-refractivity contribution >= 4 is 23.6 Å². The largest absolute Gasteiger partial charge is 0.494 e. The molecule has 25 heavy (non-hydrogen) atoms. The number of hydrazine groups is 1. The lowest BCUT2D eigenvalue weighted by Crippen LogP contribution is -2.41. The number of hydrogen-bond acceptors (Lipinski definition) is 4. The fraction of sp³-hybridized carbons (Fsp3) is 0.222. The van der Waals surface area contributed by atoms with Gasteiger partial charge in [0.25, 0.3) is 5.91 Å². The molecule has 5 nitrogen and oxygen atoms in total. The SMILES string of the molecule is CCOc1ccc(C(=O)NNC(=O)CCSc2ccccc2F)cc1. The van der Waals surface area contributed by atoms with E-state index in [0.29, 0.717) is 28.6 Å². The molecule has 0 aliphatic rings. The summed E-state index contributed by atoms with van der Waals surface area (Å²) in [6.07, 6.45) is 0.155. The summed E-state index contributed by atoms with van der Waals surface area (Å²) < 4.78 is 18.7. The first-order valence-electron chi connectivity index (χ1n) is 7.79. The van der Waals surface area contributed by atoms with Gasteiger partial charge in [-0.25, -0.2) is 4.39 Å². The molecule has 2 amide bonds. The number of rotatable bonds is 7. The maximum atomic E-state index is 13.4.